The molecule has 2 aromatic rings. The molecule has 5 heteroatoms. The van der Waals surface area contributed by atoms with Gasteiger partial charge in [0.1, 0.15) is 5.92 Å². The number of hydrogen-bond donors (Lipinski definition) is 1. The standard InChI is InChI=1S/C15H13ClN2OS/c16-14-7-6-13(20-14)10-18-15(19)12(9-17)8-11-4-2-1-3-5-11/h1-7,12H,8,10H2,(H,18,19). The molecule has 1 N–H and O–H groups in total. The molecule has 1 atom stereocenters. The van der Waals surface area contributed by atoms with Crippen LogP contribution in [0.15, 0.2) is 42.5 Å². The molecule has 20 heavy (non-hydrogen) atoms. The van der Waals surface area contributed by atoms with Crippen molar-refractivity contribution in [1.82, 2.24) is 5.32 Å². The maximum atomic E-state index is 12.0. The predicted molar refractivity (Wildman–Crippen MR) is 80.4 cm³/mol. The van der Waals surface area contributed by atoms with Gasteiger partial charge in [-0.2, -0.15) is 5.26 Å². The molecule has 1 unspecified atom stereocenters. The van der Waals surface area contributed by atoms with Crippen LogP contribution in [0.2, 0.25) is 4.34 Å². The van der Waals surface area contributed by atoms with Gasteiger partial charge < -0.3 is 5.32 Å². The molecule has 0 saturated heterocycles. The van der Waals surface area contributed by atoms with Crippen molar-refractivity contribution in [3.8, 4) is 6.07 Å². The van der Waals surface area contributed by atoms with Crippen molar-refractivity contribution in [2.24, 2.45) is 5.92 Å². The van der Waals surface area contributed by atoms with Crippen LogP contribution >= 0.6 is 22.9 Å². The zero-order valence-corrected chi connectivity index (χ0v) is 12.2. The topological polar surface area (TPSA) is 52.9 Å². The molecule has 0 saturated carbocycles. The lowest BCUT2D eigenvalue weighted by atomic mass is 10.00. The monoisotopic (exact) mass is 304 g/mol. The van der Waals surface area contributed by atoms with E-state index in [1.54, 1.807) is 6.07 Å². The summed E-state index contributed by atoms with van der Waals surface area (Å²) in [5, 5.41) is 11.9. The van der Waals surface area contributed by atoms with Gasteiger partial charge in [0.25, 0.3) is 0 Å². The van der Waals surface area contributed by atoms with E-state index in [0.717, 1.165) is 10.4 Å². The Labute approximate surface area is 126 Å². The first-order valence-electron chi connectivity index (χ1n) is 6.14. The summed E-state index contributed by atoms with van der Waals surface area (Å²) in [6.45, 7) is 0.406. The van der Waals surface area contributed by atoms with E-state index in [4.69, 9.17) is 16.9 Å². The second kappa shape index (κ2) is 7.09. The van der Waals surface area contributed by atoms with E-state index in [0.29, 0.717) is 17.3 Å². The first-order valence-corrected chi connectivity index (χ1v) is 7.34. The Morgan fingerprint density at radius 3 is 2.65 bits per heavy atom. The Morgan fingerprint density at radius 1 is 1.30 bits per heavy atom. The van der Waals surface area contributed by atoms with Crippen molar-refractivity contribution in [2.45, 2.75) is 13.0 Å². The fourth-order valence-corrected chi connectivity index (χ4v) is 2.82. The van der Waals surface area contributed by atoms with Crippen LogP contribution in [0.5, 0.6) is 0 Å². The Balaban J connectivity index is 1.91. The summed E-state index contributed by atoms with van der Waals surface area (Å²) in [6, 6.07) is 15.2. The van der Waals surface area contributed by atoms with Crippen LogP contribution in [-0.2, 0) is 17.8 Å². The number of hydrogen-bond acceptors (Lipinski definition) is 3. The van der Waals surface area contributed by atoms with Crippen LogP contribution < -0.4 is 5.32 Å². The van der Waals surface area contributed by atoms with Gasteiger partial charge in [0.15, 0.2) is 0 Å². The lowest BCUT2D eigenvalue weighted by Crippen LogP contribution is -2.30. The van der Waals surface area contributed by atoms with Gasteiger partial charge in [-0.05, 0) is 24.1 Å². The minimum Gasteiger partial charge on any atom is -0.350 e. The zero-order valence-electron chi connectivity index (χ0n) is 10.7. The maximum absolute atomic E-state index is 12.0. The first kappa shape index (κ1) is 14.6. The summed E-state index contributed by atoms with van der Waals surface area (Å²) < 4.78 is 0.690. The van der Waals surface area contributed by atoms with Gasteiger partial charge in [-0.15, -0.1) is 11.3 Å². The maximum Gasteiger partial charge on any atom is 0.237 e. The van der Waals surface area contributed by atoms with Crippen molar-refractivity contribution in [2.75, 3.05) is 0 Å². The lowest BCUT2D eigenvalue weighted by Gasteiger charge is -2.09. The molecule has 0 bridgehead atoms. The number of rotatable bonds is 5. The number of amides is 1. The third-order valence-corrected chi connectivity index (χ3v) is 4.05. The fraction of sp³-hybridized carbons (Fsp3) is 0.200. The molecule has 2 rings (SSSR count). The summed E-state index contributed by atoms with van der Waals surface area (Å²) in [4.78, 5) is 13.0. The highest BCUT2D eigenvalue weighted by Gasteiger charge is 2.18. The first-order chi connectivity index (χ1) is 9.69. The second-order valence-corrected chi connectivity index (χ2v) is 6.09. The average molecular weight is 305 g/mol. The third kappa shape index (κ3) is 4.09. The van der Waals surface area contributed by atoms with Crippen molar-refractivity contribution in [1.29, 1.82) is 5.26 Å². The van der Waals surface area contributed by atoms with Crippen molar-refractivity contribution in [3.05, 3.63) is 57.2 Å². The van der Waals surface area contributed by atoms with Crippen LogP contribution in [0.4, 0.5) is 0 Å². The molecular weight excluding hydrogens is 292 g/mol. The van der Waals surface area contributed by atoms with E-state index < -0.39 is 5.92 Å². The normalized spacial score (nSPS) is 11.6. The summed E-state index contributed by atoms with van der Waals surface area (Å²) in [7, 11) is 0. The van der Waals surface area contributed by atoms with Crippen LogP contribution in [0.3, 0.4) is 0 Å². The van der Waals surface area contributed by atoms with Gasteiger partial charge in [-0.25, -0.2) is 0 Å². The van der Waals surface area contributed by atoms with E-state index in [2.05, 4.69) is 11.4 Å². The molecule has 0 radical (unpaired) electrons. The van der Waals surface area contributed by atoms with Crippen LogP contribution in [0.25, 0.3) is 0 Å². The number of thiophene rings is 1. The van der Waals surface area contributed by atoms with Crippen LogP contribution in [0, 0.1) is 17.2 Å². The summed E-state index contributed by atoms with van der Waals surface area (Å²) in [6.07, 6.45) is 0.425. The highest BCUT2D eigenvalue weighted by Crippen LogP contribution is 2.21. The summed E-state index contributed by atoms with van der Waals surface area (Å²) in [5.41, 5.74) is 0.980. The molecule has 1 aromatic carbocycles. The molecule has 1 amide bonds. The second-order valence-electron chi connectivity index (χ2n) is 4.30. The number of benzene rings is 1. The van der Waals surface area contributed by atoms with Gasteiger partial charge in [0, 0.05) is 4.88 Å². The molecule has 1 heterocycles. The molecule has 0 spiro atoms. The fourth-order valence-electron chi connectivity index (χ4n) is 1.79. The molecule has 3 nitrogen and oxygen atoms in total. The van der Waals surface area contributed by atoms with Crippen molar-refractivity contribution < 1.29 is 4.79 Å². The molecule has 102 valence electrons. The van der Waals surface area contributed by atoms with Gasteiger partial charge in [0.2, 0.25) is 5.91 Å². The molecule has 0 aliphatic rings. The molecular formula is C15H13ClN2OS. The van der Waals surface area contributed by atoms with Crippen molar-refractivity contribution in [3.63, 3.8) is 0 Å². The predicted octanol–water partition coefficient (Wildman–Crippen LogP) is 3.40. The van der Waals surface area contributed by atoms with Gasteiger partial charge in [0.05, 0.1) is 17.0 Å². The number of halogens is 1. The van der Waals surface area contributed by atoms with E-state index in [-0.39, 0.29) is 5.91 Å². The Morgan fingerprint density at radius 2 is 2.05 bits per heavy atom. The quantitative estimate of drug-likeness (QED) is 0.920. The van der Waals surface area contributed by atoms with E-state index >= 15 is 0 Å². The largest absolute Gasteiger partial charge is 0.350 e. The van der Waals surface area contributed by atoms with Gasteiger partial charge in [-0.1, -0.05) is 41.9 Å². The number of nitrogens with one attached hydrogen (secondary N) is 1. The third-order valence-electron chi connectivity index (χ3n) is 2.82. The number of carbonyl (C=O) groups is 1. The minimum atomic E-state index is -0.673. The molecule has 0 fully saturated rings. The number of nitrogens with zero attached hydrogens (tertiary/aromatic N) is 1. The lowest BCUT2D eigenvalue weighted by molar-refractivity contribution is -0.123. The Hall–Kier alpha value is -1.83. The van der Waals surface area contributed by atoms with E-state index in [9.17, 15) is 4.79 Å². The zero-order chi connectivity index (χ0) is 14.4. The smallest absolute Gasteiger partial charge is 0.237 e. The van der Waals surface area contributed by atoms with Crippen LogP contribution in [-0.4, -0.2) is 5.91 Å². The molecule has 0 aliphatic heterocycles. The highest BCUT2D eigenvalue weighted by atomic mass is 35.5. The number of nitriles is 1. The summed E-state index contributed by atoms with van der Waals surface area (Å²) >= 11 is 7.25. The van der Waals surface area contributed by atoms with Gasteiger partial charge in [-0.3, -0.25) is 4.79 Å². The highest BCUT2D eigenvalue weighted by molar-refractivity contribution is 7.16. The Kier molecular flexibility index (Phi) is 5.16. The Bertz CT molecular complexity index is 618. The summed E-state index contributed by atoms with van der Waals surface area (Å²) in [5.74, 6) is -0.922. The van der Waals surface area contributed by atoms with Crippen molar-refractivity contribution >= 4 is 28.8 Å². The van der Waals surface area contributed by atoms with Crippen LogP contribution in [0.1, 0.15) is 10.4 Å². The number of carbonyl (C=O) groups excluding carboxylic acids is 1. The minimum absolute atomic E-state index is 0.249. The van der Waals surface area contributed by atoms with E-state index in [1.165, 1.54) is 11.3 Å². The SMILES string of the molecule is N#CC(Cc1ccccc1)C(=O)NCc1ccc(Cl)s1. The molecule has 1 aromatic heterocycles. The molecule has 0 aliphatic carbocycles. The van der Waals surface area contributed by atoms with Gasteiger partial charge >= 0.3 is 0 Å². The van der Waals surface area contributed by atoms with E-state index in [1.807, 2.05) is 36.4 Å². The average Bonchev–Trinajstić information content (AvgIpc) is 2.89.